The summed E-state index contributed by atoms with van der Waals surface area (Å²) in [5, 5.41) is 11.7. The fourth-order valence-electron chi connectivity index (χ4n) is 2.49. The molecule has 0 bridgehead atoms. The molecule has 1 atom stereocenters. The van der Waals surface area contributed by atoms with E-state index in [1.54, 1.807) is 12.1 Å². The average molecular weight is 375 g/mol. The third-order valence-corrected chi connectivity index (χ3v) is 4.85. The van der Waals surface area contributed by atoms with E-state index in [2.05, 4.69) is 34.7 Å². The molecular weight excluding hydrogens is 348 g/mol. The van der Waals surface area contributed by atoms with Crippen molar-refractivity contribution >= 4 is 16.0 Å². The summed E-state index contributed by atoms with van der Waals surface area (Å²) in [5.41, 5.74) is 2.20. The van der Waals surface area contributed by atoms with Gasteiger partial charge in [-0.1, -0.05) is 42.5 Å². The van der Waals surface area contributed by atoms with Gasteiger partial charge in [-0.2, -0.15) is 0 Å². The van der Waals surface area contributed by atoms with Crippen LogP contribution in [0.3, 0.4) is 0 Å². The molecule has 0 aliphatic carbocycles. The number of guanidine groups is 1. The summed E-state index contributed by atoms with van der Waals surface area (Å²) >= 11 is 0. The lowest BCUT2D eigenvalue weighted by Gasteiger charge is -2.18. The van der Waals surface area contributed by atoms with Gasteiger partial charge in [0, 0.05) is 13.1 Å². The van der Waals surface area contributed by atoms with Gasteiger partial charge in [0.2, 0.25) is 10.0 Å². The molecule has 0 spiro atoms. The van der Waals surface area contributed by atoms with Gasteiger partial charge in [-0.15, -0.1) is 0 Å². The van der Waals surface area contributed by atoms with E-state index in [0.717, 1.165) is 18.1 Å². The number of rotatable bonds is 7. The minimum absolute atomic E-state index is 0.122. The van der Waals surface area contributed by atoms with Crippen molar-refractivity contribution in [2.24, 2.45) is 10.1 Å². The van der Waals surface area contributed by atoms with Crippen LogP contribution in [0.1, 0.15) is 31.0 Å². The SMILES string of the molecule is CCNC(=NCCc1ccc(S(N)(=O)=O)cc1)NC(C)c1ccccc1. The highest BCUT2D eigenvalue weighted by molar-refractivity contribution is 7.89. The zero-order valence-corrected chi connectivity index (χ0v) is 16.0. The third-order valence-electron chi connectivity index (χ3n) is 3.92. The molecule has 2 rings (SSSR count). The molecule has 26 heavy (non-hydrogen) atoms. The zero-order valence-electron chi connectivity index (χ0n) is 15.1. The lowest BCUT2D eigenvalue weighted by Crippen LogP contribution is -2.38. The molecule has 0 aliphatic rings. The monoisotopic (exact) mass is 374 g/mol. The fourth-order valence-corrected chi connectivity index (χ4v) is 3.01. The quantitative estimate of drug-likeness (QED) is 0.511. The van der Waals surface area contributed by atoms with E-state index in [1.165, 1.54) is 17.7 Å². The molecule has 0 amide bonds. The predicted octanol–water partition coefficient (Wildman–Crippen LogP) is 2.19. The maximum atomic E-state index is 11.3. The van der Waals surface area contributed by atoms with Crippen LogP contribution in [0.15, 0.2) is 64.5 Å². The molecule has 0 aliphatic heterocycles. The minimum atomic E-state index is -3.65. The molecule has 0 radical (unpaired) electrons. The van der Waals surface area contributed by atoms with Crippen LogP contribution in [-0.2, 0) is 16.4 Å². The lowest BCUT2D eigenvalue weighted by atomic mass is 10.1. The van der Waals surface area contributed by atoms with Crippen molar-refractivity contribution in [2.75, 3.05) is 13.1 Å². The summed E-state index contributed by atoms with van der Waals surface area (Å²) in [5.74, 6) is 0.755. The Hall–Kier alpha value is -2.38. The van der Waals surface area contributed by atoms with Crippen molar-refractivity contribution in [3.63, 3.8) is 0 Å². The number of benzene rings is 2. The number of sulfonamides is 1. The first-order valence-corrected chi connectivity index (χ1v) is 10.2. The molecule has 0 saturated heterocycles. The van der Waals surface area contributed by atoms with Gasteiger partial charge in [0.1, 0.15) is 0 Å². The van der Waals surface area contributed by atoms with Crippen LogP contribution in [0.2, 0.25) is 0 Å². The summed E-state index contributed by atoms with van der Waals surface area (Å²) in [6.45, 7) is 5.48. The molecule has 7 heteroatoms. The smallest absolute Gasteiger partial charge is 0.238 e. The first-order valence-electron chi connectivity index (χ1n) is 8.61. The lowest BCUT2D eigenvalue weighted by molar-refractivity contribution is 0.598. The molecule has 0 aromatic heterocycles. The standard InChI is InChI=1S/C19H26N4O2S/c1-3-21-19(23-15(2)17-7-5-4-6-8-17)22-14-13-16-9-11-18(12-10-16)26(20,24)25/h4-12,15H,3,13-14H2,1-2H3,(H2,20,24,25)(H2,21,22,23). The number of aliphatic imine (C=N–C) groups is 1. The van der Waals surface area contributed by atoms with E-state index in [1.807, 2.05) is 25.1 Å². The summed E-state index contributed by atoms with van der Waals surface area (Å²) < 4.78 is 22.6. The number of hydrogen-bond donors (Lipinski definition) is 3. The highest BCUT2D eigenvalue weighted by atomic mass is 32.2. The molecule has 4 N–H and O–H groups in total. The van der Waals surface area contributed by atoms with Crippen molar-refractivity contribution in [3.8, 4) is 0 Å². The average Bonchev–Trinajstić information content (AvgIpc) is 2.62. The highest BCUT2D eigenvalue weighted by Gasteiger charge is 2.08. The minimum Gasteiger partial charge on any atom is -0.357 e. The van der Waals surface area contributed by atoms with Gasteiger partial charge in [0.15, 0.2) is 5.96 Å². The maximum Gasteiger partial charge on any atom is 0.238 e. The largest absolute Gasteiger partial charge is 0.357 e. The Morgan fingerprint density at radius 2 is 1.77 bits per heavy atom. The number of nitrogens with one attached hydrogen (secondary N) is 2. The van der Waals surface area contributed by atoms with Crippen molar-refractivity contribution in [1.29, 1.82) is 0 Å². The first-order chi connectivity index (χ1) is 12.4. The second kappa shape index (κ2) is 9.35. The number of nitrogens with zero attached hydrogens (tertiary/aromatic N) is 1. The summed E-state index contributed by atoms with van der Waals surface area (Å²) in [4.78, 5) is 4.72. The van der Waals surface area contributed by atoms with Crippen molar-refractivity contribution < 1.29 is 8.42 Å². The maximum absolute atomic E-state index is 11.3. The topological polar surface area (TPSA) is 96.6 Å². The van der Waals surface area contributed by atoms with Crippen LogP contribution in [0.5, 0.6) is 0 Å². The Balaban J connectivity index is 1.96. The van der Waals surface area contributed by atoms with E-state index >= 15 is 0 Å². The normalized spacial score (nSPS) is 13.3. The van der Waals surface area contributed by atoms with Crippen molar-refractivity contribution in [2.45, 2.75) is 31.2 Å². The second-order valence-corrected chi connectivity index (χ2v) is 7.54. The van der Waals surface area contributed by atoms with Gasteiger partial charge < -0.3 is 10.6 Å². The van der Waals surface area contributed by atoms with E-state index in [9.17, 15) is 8.42 Å². The van der Waals surface area contributed by atoms with Gasteiger partial charge in [-0.05, 0) is 43.5 Å². The van der Waals surface area contributed by atoms with Crippen LogP contribution in [-0.4, -0.2) is 27.5 Å². The second-order valence-electron chi connectivity index (χ2n) is 5.98. The molecular formula is C19H26N4O2S. The van der Waals surface area contributed by atoms with E-state index in [-0.39, 0.29) is 10.9 Å². The molecule has 2 aromatic rings. The van der Waals surface area contributed by atoms with Gasteiger partial charge >= 0.3 is 0 Å². The Bertz CT molecular complexity index is 818. The van der Waals surface area contributed by atoms with E-state index in [0.29, 0.717) is 13.0 Å². The van der Waals surface area contributed by atoms with Crippen LogP contribution >= 0.6 is 0 Å². The summed E-state index contributed by atoms with van der Waals surface area (Å²) in [6.07, 6.45) is 0.710. The number of hydrogen-bond acceptors (Lipinski definition) is 3. The molecule has 1 unspecified atom stereocenters. The Morgan fingerprint density at radius 1 is 1.12 bits per heavy atom. The fraction of sp³-hybridized carbons (Fsp3) is 0.316. The zero-order chi connectivity index (χ0) is 19.0. The molecule has 6 nitrogen and oxygen atoms in total. The van der Waals surface area contributed by atoms with Gasteiger partial charge in [0.05, 0.1) is 10.9 Å². The Kier molecular flexibility index (Phi) is 7.17. The van der Waals surface area contributed by atoms with Crippen LogP contribution in [0.25, 0.3) is 0 Å². The van der Waals surface area contributed by atoms with Crippen LogP contribution in [0.4, 0.5) is 0 Å². The third kappa shape index (κ3) is 6.16. The molecule has 140 valence electrons. The number of nitrogens with two attached hydrogens (primary N) is 1. The summed E-state index contributed by atoms with van der Waals surface area (Å²) in [6, 6.07) is 16.9. The van der Waals surface area contributed by atoms with Crippen molar-refractivity contribution in [3.05, 3.63) is 65.7 Å². The number of primary sulfonamides is 1. The van der Waals surface area contributed by atoms with Gasteiger partial charge in [-0.3, -0.25) is 4.99 Å². The molecule has 2 aromatic carbocycles. The van der Waals surface area contributed by atoms with E-state index < -0.39 is 10.0 Å². The van der Waals surface area contributed by atoms with Crippen LogP contribution < -0.4 is 15.8 Å². The molecule has 0 heterocycles. The van der Waals surface area contributed by atoms with Crippen LogP contribution in [0, 0.1) is 0 Å². The molecule has 0 fully saturated rings. The Morgan fingerprint density at radius 3 is 2.35 bits per heavy atom. The van der Waals surface area contributed by atoms with Gasteiger partial charge in [-0.25, -0.2) is 13.6 Å². The first kappa shape index (κ1) is 19.9. The predicted molar refractivity (Wildman–Crippen MR) is 105 cm³/mol. The molecule has 0 saturated carbocycles. The van der Waals surface area contributed by atoms with Gasteiger partial charge in [0.25, 0.3) is 0 Å². The highest BCUT2D eigenvalue weighted by Crippen LogP contribution is 2.11. The van der Waals surface area contributed by atoms with Crippen molar-refractivity contribution in [1.82, 2.24) is 10.6 Å². The summed E-state index contributed by atoms with van der Waals surface area (Å²) in [7, 11) is -3.65. The Labute approximate surface area is 155 Å². The van der Waals surface area contributed by atoms with E-state index in [4.69, 9.17) is 5.14 Å².